The van der Waals surface area contributed by atoms with Gasteiger partial charge in [0, 0.05) is 18.0 Å². The maximum absolute atomic E-state index is 12.1. The molecule has 5 nitrogen and oxygen atoms in total. The zero-order chi connectivity index (χ0) is 14.5. The van der Waals surface area contributed by atoms with E-state index in [9.17, 15) is 9.59 Å². The van der Waals surface area contributed by atoms with Crippen LogP contribution in [0.5, 0.6) is 0 Å². The summed E-state index contributed by atoms with van der Waals surface area (Å²) in [6, 6.07) is 9.39. The Morgan fingerprint density at radius 2 is 1.95 bits per heavy atom. The summed E-state index contributed by atoms with van der Waals surface area (Å²) in [6.07, 6.45) is 3.34. The fourth-order valence-electron chi connectivity index (χ4n) is 1.79. The molecule has 0 aliphatic carbocycles. The molecule has 1 atom stereocenters. The van der Waals surface area contributed by atoms with Gasteiger partial charge in [-0.25, -0.2) is 4.79 Å². The van der Waals surface area contributed by atoms with Crippen molar-refractivity contribution >= 4 is 11.9 Å². The topological polar surface area (TPSA) is 79.3 Å². The van der Waals surface area contributed by atoms with Crippen LogP contribution in [0.2, 0.25) is 0 Å². The number of hydrogen-bond donors (Lipinski definition) is 2. The van der Waals surface area contributed by atoms with Gasteiger partial charge in [0.05, 0.1) is 11.6 Å². The Balaban J connectivity index is 2.12. The molecule has 1 amide bonds. The van der Waals surface area contributed by atoms with Gasteiger partial charge in [0.1, 0.15) is 0 Å². The second kappa shape index (κ2) is 5.97. The molecule has 1 aromatic carbocycles. The molecule has 0 unspecified atom stereocenters. The van der Waals surface area contributed by atoms with E-state index in [0.717, 1.165) is 5.56 Å². The number of carboxylic acid groups (broad SMARTS) is 1. The van der Waals surface area contributed by atoms with Crippen molar-refractivity contribution in [1.29, 1.82) is 0 Å². The van der Waals surface area contributed by atoms with Crippen LogP contribution in [0.1, 0.15) is 39.2 Å². The Kier molecular flexibility index (Phi) is 4.10. The van der Waals surface area contributed by atoms with Gasteiger partial charge in [0.15, 0.2) is 0 Å². The number of nitrogens with one attached hydrogen (secondary N) is 1. The summed E-state index contributed by atoms with van der Waals surface area (Å²) < 4.78 is 0. The van der Waals surface area contributed by atoms with E-state index in [2.05, 4.69) is 10.3 Å². The van der Waals surface area contributed by atoms with Crippen LogP contribution in [-0.4, -0.2) is 22.0 Å². The summed E-state index contributed by atoms with van der Waals surface area (Å²) in [7, 11) is 0. The minimum absolute atomic E-state index is 0.0895. The van der Waals surface area contributed by atoms with E-state index in [4.69, 9.17) is 5.11 Å². The first kappa shape index (κ1) is 13.7. The highest BCUT2D eigenvalue weighted by Gasteiger charge is 2.13. The monoisotopic (exact) mass is 270 g/mol. The minimum atomic E-state index is -1.06. The zero-order valence-corrected chi connectivity index (χ0v) is 10.9. The second-order valence-electron chi connectivity index (χ2n) is 4.37. The van der Waals surface area contributed by atoms with Crippen LogP contribution < -0.4 is 5.32 Å². The number of amides is 1. The molecule has 2 aromatic rings. The predicted octanol–water partition coefficient (Wildman–Crippen LogP) is 2.27. The fourth-order valence-corrected chi connectivity index (χ4v) is 1.79. The molecule has 2 N–H and O–H groups in total. The van der Waals surface area contributed by atoms with Crippen LogP contribution in [0, 0.1) is 0 Å². The van der Waals surface area contributed by atoms with E-state index in [-0.39, 0.29) is 17.5 Å². The first-order valence-corrected chi connectivity index (χ1v) is 6.12. The molecule has 1 heterocycles. The van der Waals surface area contributed by atoms with Crippen molar-refractivity contribution in [2.75, 3.05) is 0 Å². The number of carbonyl (C=O) groups excluding carboxylic acids is 1. The lowest BCUT2D eigenvalue weighted by molar-refractivity contribution is 0.0697. The fraction of sp³-hybridized carbons (Fsp3) is 0.133. The molecule has 0 fully saturated rings. The molecule has 0 saturated carbocycles. The Hall–Kier alpha value is -2.69. The van der Waals surface area contributed by atoms with Crippen LogP contribution >= 0.6 is 0 Å². The number of hydrogen-bond acceptors (Lipinski definition) is 3. The van der Waals surface area contributed by atoms with E-state index in [1.807, 2.05) is 13.0 Å². The molecule has 20 heavy (non-hydrogen) atoms. The molecule has 5 heteroatoms. The zero-order valence-electron chi connectivity index (χ0n) is 10.9. The lowest BCUT2D eigenvalue weighted by Crippen LogP contribution is -2.26. The van der Waals surface area contributed by atoms with Crippen LogP contribution in [-0.2, 0) is 0 Å². The number of rotatable bonds is 4. The summed E-state index contributed by atoms with van der Waals surface area (Å²) >= 11 is 0. The van der Waals surface area contributed by atoms with Gasteiger partial charge in [-0.2, -0.15) is 0 Å². The smallest absolute Gasteiger partial charge is 0.335 e. The lowest BCUT2D eigenvalue weighted by Gasteiger charge is -2.14. The first-order chi connectivity index (χ1) is 9.58. The number of pyridine rings is 1. The summed E-state index contributed by atoms with van der Waals surface area (Å²) in [6.45, 7) is 1.84. The van der Waals surface area contributed by atoms with Crippen molar-refractivity contribution in [2.45, 2.75) is 13.0 Å². The van der Waals surface area contributed by atoms with Crippen LogP contribution in [0.15, 0.2) is 48.8 Å². The molecule has 0 spiro atoms. The standard InChI is InChI=1S/C15H14N2O3/c1-10(13-6-3-7-16-9-13)17-14(18)11-4-2-5-12(8-11)15(19)20/h2-10H,1H3,(H,17,18)(H,19,20)/t10-/m0/s1. The van der Waals surface area contributed by atoms with Crippen molar-refractivity contribution in [1.82, 2.24) is 10.3 Å². The van der Waals surface area contributed by atoms with Crippen molar-refractivity contribution in [3.8, 4) is 0 Å². The van der Waals surface area contributed by atoms with E-state index >= 15 is 0 Å². The molecule has 0 aliphatic rings. The van der Waals surface area contributed by atoms with Gasteiger partial charge in [-0.3, -0.25) is 9.78 Å². The van der Waals surface area contributed by atoms with E-state index in [1.54, 1.807) is 30.6 Å². The maximum atomic E-state index is 12.1. The predicted molar refractivity (Wildman–Crippen MR) is 73.5 cm³/mol. The average Bonchev–Trinajstić information content (AvgIpc) is 2.48. The van der Waals surface area contributed by atoms with Gasteiger partial charge < -0.3 is 10.4 Å². The minimum Gasteiger partial charge on any atom is -0.478 e. The molecule has 1 aromatic heterocycles. The first-order valence-electron chi connectivity index (χ1n) is 6.12. The Morgan fingerprint density at radius 1 is 1.20 bits per heavy atom. The van der Waals surface area contributed by atoms with Crippen molar-refractivity contribution in [3.63, 3.8) is 0 Å². The van der Waals surface area contributed by atoms with Crippen LogP contribution in [0.25, 0.3) is 0 Å². The van der Waals surface area contributed by atoms with Gasteiger partial charge >= 0.3 is 5.97 Å². The van der Waals surface area contributed by atoms with Crippen LogP contribution in [0.4, 0.5) is 0 Å². The lowest BCUT2D eigenvalue weighted by atomic mass is 10.1. The second-order valence-corrected chi connectivity index (χ2v) is 4.37. The normalized spacial score (nSPS) is 11.7. The molecular formula is C15H14N2O3. The summed E-state index contributed by atoms with van der Waals surface area (Å²) in [5.41, 5.74) is 1.29. The number of aromatic carboxylic acids is 1. The quantitative estimate of drug-likeness (QED) is 0.893. The Labute approximate surface area is 116 Å². The van der Waals surface area contributed by atoms with Crippen molar-refractivity contribution in [2.24, 2.45) is 0 Å². The van der Waals surface area contributed by atoms with E-state index in [0.29, 0.717) is 5.56 Å². The summed E-state index contributed by atoms with van der Waals surface area (Å²) in [5.74, 6) is -1.37. The highest BCUT2D eigenvalue weighted by molar-refractivity contribution is 5.97. The maximum Gasteiger partial charge on any atom is 0.335 e. The third-order valence-corrected chi connectivity index (χ3v) is 2.90. The number of carboxylic acids is 1. The van der Waals surface area contributed by atoms with Gasteiger partial charge in [-0.05, 0) is 36.8 Å². The Bertz CT molecular complexity index is 626. The largest absolute Gasteiger partial charge is 0.478 e. The molecule has 0 bridgehead atoms. The molecule has 0 aliphatic heterocycles. The number of carbonyl (C=O) groups is 2. The van der Waals surface area contributed by atoms with Crippen LogP contribution in [0.3, 0.4) is 0 Å². The third kappa shape index (κ3) is 3.20. The Morgan fingerprint density at radius 3 is 2.60 bits per heavy atom. The van der Waals surface area contributed by atoms with Crippen molar-refractivity contribution in [3.05, 3.63) is 65.5 Å². The average molecular weight is 270 g/mol. The number of nitrogens with zero attached hydrogens (tertiary/aromatic N) is 1. The number of aromatic nitrogens is 1. The number of benzene rings is 1. The SMILES string of the molecule is C[C@H](NC(=O)c1cccc(C(=O)O)c1)c1cccnc1. The highest BCUT2D eigenvalue weighted by Crippen LogP contribution is 2.12. The van der Waals surface area contributed by atoms with E-state index < -0.39 is 5.97 Å². The van der Waals surface area contributed by atoms with Gasteiger partial charge in [-0.15, -0.1) is 0 Å². The molecule has 0 saturated heterocycles. The van der Waals surface area contributed by atoms with Gasteiger partial charge in [0.25, 0.3) is 5.91 Å². The summed E-state index contributed by atoms with van der Waals surface area (Å²) in [5, 5.41) is 11.7. The molecule has 102 valence electrons. The van der Waals surface area contributed by atoms with E-state index in [1.165, 1.54) is 12.1 Å². The molecule has 0 radical (unpaired) electrons. The summed E-state index contributed by atoms with van der Waals surface area (Å²) in [4.78, 5) is 27.0. The molecular weight excluding hydrogens is 256 g/mol. The third-order valence-electron chi connectivity index (χ3n) is 2.90. The highest BCUT2D eigenvalue weighted by atomic mass is 16.4. The van der Waals surface area contributed by atoms with Crippen molar-refractivity contribution < 1.29 is 14.7 Å². The van der Waals surface area contributed by atoms with Gasteiger partial charge in [-0.1, -0.05) is 12.1 Å². The van der Waals surface area contributed by atoms with Gasteiger partial charge in [0.2, 0.25) is 0 Å². The molecule has 2 rings (SSSR count).